The van der Waals surface area contributed by atoms with Crippen molar-refractivity contribution in [2.75, 3.05) is 24.6 Å². The maximum Gasteiger partial charge on any atom is 0.401 e. The molecule has 1 N–H and O–H groups in total. The molecule has 0 radical (unpaired) electrons. The van der Waals surface area contributed by atoms with Crippen molar-refractivity contribution < 1.29 is 36.1 Å². The summed E-state index contributed by atoms with van der Waals surface area (Å²) in [5.74, 6) is -3.59. The van der Waals surface area contributed by atoms with Gasteiger partial charge in [-0.05, 0) is 29.3 Å². The van der Waals surface area contributed by atoms with Gasteiger partial charge in [-0.2, -0.15) is 13.2 Å². The van der Waals surface area contributed by atoms with Gasteiger partial charge in [0.05, 0.1) is 5.02 Å². The molecule has 6 nitrogen and oxygen atoms in total. The number of alkyl halides is 3. The minimum Gasteiger partial charge on any atom is -0.386 e. The zero-order valence-corrected chi connectivity index (χ0v) is 21.1. The SMILES string of the molecule is O=C(C1CS(=O)C1)C1OC2(CNC2)c2ccc(C3=NOC(c4cc(Cl)cc(Cl)c4F)C3C(F)(F)F)cc21. The number of fused-ring (bicyclic) bond motifs is 2. The molecular weight excluding hydrogens is 559 g/mol. The average Bonchev–Trinajstić information content (AvgIpc) is 3.38. The molecule has 13 heteroatoms. The summed E-state index contributed by atoms with van der Waals surface area (Å²) < 4.78 is 75.6. The quantitative estimate of drug-likeness (QED) is 0.425. The van der Waals surface area contributed by atoms with E-state index in [1.165, 1.54) is 12.1 Å². The van der Waals surface area contributed by atoms with E-state index in [0.717, 1.165) is 12.1 Å². The Morgan fingerprint density at radius 3 is 2.49 bits per heavy atom. The number of ether oxygens (including phenoxy) is 1. The molecule has 4 aliphatic heterocycles. The zero-order valence-electron chi connectivity index (χ0n) is 18.8. The van der Waals surface area contributed by atoms with E-state index in [9.17, 15) is 26.6 Å². The lowest BCUT2D eigenvalue weighted by Gasteiger charge is -2.40. The fraction of sp³-hybridized carbons (Fsp3) is 0.417. The molecule has 2 fully saturated rings. The van der Waals surface area contributed by atoms with Gasteiger partial charge in [0.2, 0.25) is 0 Å². The molecule has 2 saturated heterocycles. The van der Waals surface area contributed by atoms with Crippen LogP contribution >= 0.6 is 23.2 Å². The summed E-state index contributed by atoms with van der Waals surface area (Å²) in [4.78, 5) is 18.3. The second-order valence-electron chi connectivity index (χ2n) is 9.58. The van der Waals surface area contributed by atoms with Crippen LogP contribution in [0.3, 0.4) is 0 Å². The summed E-state index contributed by atoms with van der Waals surface area (Å²) >= 11 is 11.7. The molecule has 0 saturated carbocycles. The van der Waals surface area contributed by atoms with E-state index in [1.54, 1.807) is 6.07 Å². The second-order valence-corrected chi connectivity index (χ2v) is 12.0. The lowest BCUT2D eigenvalue weighted by atomic mass is 9.82. The van der Waals surface area contributed by atoms with Crippen LogP contribution in [0.1, 0.15) is 34.5 Å². The van der Waals surface area contributed by atoms with Gasteiger partial charge in [-0.3, -0.25) is 9.00 Å². The molecule has 6 rings (SSSR count). The van der Waals surface area contributed by atoms with Crippen molar-refractivity contribution in [1.29, 1.82) is 0 Å². The van der Waals surface area contributed by atoms with Gasteiger partial charge in [0.25, 0.3) is 0 Å². The van der Waals surface area contributed by atoms with Crippen LogP contribution in [0.4, 0.5) is 17.6 Å². The van der Waals surface area contributed by atoms with Crippen LogP contribution in [0, 0.1) is 17.7 Å². The Labute approximate surface area is 220 Å². The Morgan fingerprint density at radius 2 is 1.86 bits per heavy atom. The summed E-state index contributed by atoms with van der Waals surface area (Å²) in [6, 6.07) is 6.69. The van der Waals surface area contributed by atoms with Crippen molar-refractivity contribution in [1.82, 2.24) is 5.32 Å². The normalized spacial score (nSPS) is 29.8. The maximum atomic E-state index is 14.7. The van der Waals surface area contributed by atoms with Crippen molar-refractivity contribution in [2.24, 2.45) is 17.0 Å². The van der Waals surface area contributed by atoms with Crippen LogP contribution in [0.5, 0.6) is 0 Å². The molecule has 1 spiro atoms. The predicted molar refractivity (Wildman–Crippen MR) is 128 cm³/mol. The lowest BCUT2D eigenvalue weighted by molar-refractivity contribution is -0.178. The van der Waals surface area contributed by atoms with Crippen LogP contribution in [0.2, 0.25) is 10.0 Å². The van der Waals surface area contributed by atoms with E-state index in [4.69, 9.17) is 32.8 Å². The highest BCUT2D eigenvalue weighted by atomic mass is 35.5. The fourth-order valence-corrected chi connectivity index (χ4v) is 6.91. The van der Waals surface area contributed by atoms with Crippen molar-refractivity contribution in [3.05, 3.63) is 68.4 Å². The first kappa shape index (κ1) is 25.2. The largest absolute Gasteiger partial charge is 0.401 e. The van der Waals surface area contributed by atoms with E-state index >= 15 is 0 Å². The van der Waals surface area contributed by atoms with E-state index < -0.39 is 68.7 Å². The molecule has 3 unspecified atom stereocenters. The summed E-state index contributed by atoms with van der Waals surface area (Å²) in [5.41, 5.74) is -0.447. The zero-order chi connectivity index (χ0) is 26.3. The van der Waals surface area contributed by atoms with Gasteiger partial charge in [-0.25, -0.2) is 4.39 Å². The average molecular weight is 577 g/mol. The fourth-order valence-electron chi connectivity index (χ4n) is 5.27. The van der Waals surface area contributed by atoms with Crippen LogP contribution in [-0.2, 0) is 30.8 Å². The summed E-state index contributed by atoms with van der Waals surface area (Å²) in [6.07, 6.45) is -7.70. The number of Topliss-reactive ketones (excluding diaryl/α,β-unsaturated/α-hetero) is 1. The minimum absolute atomic E-state index is 0.0493. The van der Waals surface area contributed by atoms with Crippen LogP contribution in [0.25, 0.3) is 0 Å². The maximum absolute atomic E-state index is 14.7. The van der Waals surface area contributed by atoms with Crippen LogP contribution in [-0.4, -0.2) is 46.5 Å². The van der Waals surface area contributed by atoms with E-state index in [0.29, 0.717) is 24.2 Å². The Hall–Kier alpha value is -2.05. The third kappa shape index (κ3) is 4.01. The summed E-state index contributed by atoms with van der Waals surface area (Å²) in [7, 11) is -1.06. The molecule has 3 atom stereocenters. The molecule has 196 valence electrons. The number of hydrogen-bond donors (Lipinski definition) is 1. The molecule has 4 heterocycles. The molecule has 37 heavy (non-hydrogen) atoms. The molecule has 2 aromatic carbocycles. The van der Waals surface area contributed by atoms with E-state index in [1.807, 2.05) is 0 Å². The highest BCUT2D eigenvalue weighted by Gasteiger charge is 2.56. The highest BCUT2D eigenvalue weighted by Crippen LogP contribution is 2.50. The van der Waals surface area contributed by atoms with Crippen LogP contribution in [0.15, 0.2) is 35.5 Å². The third-order valence-corrected chi connectivity index (χ3v) is 9.30. The van der Waals surface area contributed by atoms with Gasteiger partial charge in [-0.15, -0.1) is 0 Å². The third-order valence-electron chi connectivity index (χ3n) is 7.26. The van der Waals surface area contributed by atoms with Gasteiger partial charge in [0.15, 0.2) is 11.9 Å². The number of nitrogens with zero attached hydrogens (tertiary/aromatic N) is 1. The first-order chi connectivity index (χ1) is 17.5. The number of carbonyl (C=O) groups excluding carboxylic acids is 1. The first-order valence-corrected chi connectivity index (χ1v) is 13.6. The van der Waals surface area contributed by atoms with Gasteiger partial charge < -0.3 is 14.9 Å². The highest BCUT2D eigenvalue weighted by molar-refractivity contribution is 7.86. The van der Waals surface area contributed by atoms with Crippen molar-refractivity contribution in [3.63, 3.8) is 0 Å². The Bertz CT molecular complexity index is 1370. The van der Waals surface area contributed by atoms with Gasteiger partial charge in [0.1, 0.15) is 29.2 Å². The monoisotopic (exact) mass is 576 g/mol. The smallest absolute Gasteiger partial charge is 0.386 e. The van der Waals surface area contributed by atoms with E-state index in [2.05, 4.69) is 10.5 Å². The van der Waals surface area contributed by atoms with Crippen LogP contribution < -0.4 is 5.32 Å². The summed E-state index contributed by atoms with van der Waals surface area (Å²) in [5, 5.41) is 6.34. The lowest BCUT2D eigenvalue weighted by Crippen LogP contribution is -2.57. The molecular formula is C24H18Cl2F4N2O4S. The van der Waals surface area contributed by atoms with Crippen molar-refractivity contribution in [2.45, 2.75) is 24.0 Å². The molecule has 0 aliphatic carbocycles. The number of carbonyl (C=O) groups is 1. The topological polar surface area (TPSA) is 77.0 Å². The number of halogens is 6. The first-order valence-electron chi connectivity index (χ1n) is 11.4. The standard InChI is InChI=1S/C24H18Cl2F4N2O4S/c25-12-4-14(18(27)16(26)5-12)21-17(24(28,29)30)19(32-36-21)10-1-2-15-13(3-10)22(35-23(15)8-31-9-23)20(33)11-6-37(34)7-11/h1-5,11,17,21-22,31H,6-9H2. The van der Waals surface area contributed by atoms with Gasteiger partial charge in [0, 0.05) is 57.5 Å². The van der Waals surface area contributed by atoms with Crippen molar-refractivity contribution >= 4 is 45.5 Å². The van der Waals surface area contributed by atoms with Gasteiger partial charge in [-0.1, -0.05) is 40.5 Å². The molecule has 0 bridgehead atoms. The number of hydrogen-bond acceptors (Lipinski definition) is 6. The van der Waals surface area contributed by atoms with E-state index in [-0.39, 0.29) is 27.9 Å². The number of rotatable bonds is 4. The number of oxime groups is 1. The Morgan fingerprint density at radius 1 is 1.14 bits per heavy atom. The summed E-state index contributed by atoms with van der Waals surface area (Å²) in [6.45, 7) is 0.900. The van der Waals surface area contributed by atoms with Gasteiger partial charge >= 0.3 is 6.18 Å². The number of ketones is 1. The minimum atomic E-state index is -4.86. The Kier molecular flexibility index (Phi) is 5.96. The predicted octanol–water partition coefficient (Wildman–Crippen LogP) is 4.60. The molecule has 0 amide bonds. The number of benzene rings is 2. The second kappa shape index (κ2) is 8.74. The van der Waals surface area contributed by atoms with Crippen molar-refractivity contribution in [3.8, 4) is 0 Å². The number of nitrogens with one attached hydrogen (secondary N) is 1. The molecule has 0 aromatic heterocycles. The Balaban J connectivity index is 1.39. The molecule has 2 aromatic rings. The molecule has 4 aliphatic rings.